The van der Waals surface area contributed by atoms with E-state index < -0.39 is 0 Å². The highest BCUT2D eigenvalue weighted by atomic mass is 16.5. The molecule has 9 heteroatoms. The Bertz CT molecular complexity index is 551. The van der Waals surface area contributed by atoms with Gasteiger partial charge in [0.05, 0.1) is 12.4 Å². The number of hydrogen-bond acceptors (Lipinski definition) is 8. The predicted octanol–water partition coefficient (Wildman–Crippen LogP) is -0.574. The first kappa shape index (κ1) is 12.9. The predicted molar refractivity (Wildman–Crippen MR) is 64.9 cm³/mol. The summed E-state index contributed by atoms with van der Waals surface area (Å²) in [6.07, 6.45) is 3.19. The number of aryl methyl sites for hydroxylation is 1. The van der Waals surface area contributed by atoms with Gasteiger partial charge >= 0.3 is 0 Å². The van der Waals surface area contributed by atoms with Crippen LogP contribution in [-0.4, -0.2) is 32.6 Å². The maximum atomic E-state index is 11.7. The maximum Gasteiger partial charge on any atom is 0.271 e. The molecule has 0 saturated carbocycles. The molecule has 0 saturated heterocycles. The molecule has 0 aliphatic carbocycles. The first-order valence-electron chi connectivity index (χ1n) is 5.55. The summed E-state index contributed by atoms with van der Waals surface area (Å²) >= 11 is 0. The van der Waals surface area contributed by atoms with Crippen molar-refractivity contribution in [2.75, 3.05) is 12.0 Å². The normalized spacial score (nSPS) is 10.2. The van der Waals surface area contributed by atoms with Gasteiger partial charge in [-0.2, -0.15) is 4.98 Å². The first-order valence-corrected chi connectivity index (χ1v) is 5.55. The monoisotopic (exact) mass is 263 g/mol. The molecular weight excluding hydrogens is 250 g/mol. The molecule has 0 spiro atoms. The van der Waals surface area contributed by atoms with E-state index >= 15 is 0 Å². The van der Waals surface area contributed by atoms with Crippen molar-refractivity contribution in [1.29, 1.82) is 0 Å². The maximum absolute atomic E-state index is 11.7. The fraction of sp³-hybridized carbons (Fsp3) is 0.300. The molecule has 0 unspecified atom stereocenters. The fourth-order valence-electron chi connectivity index (χ4n) is 1.34. The van der Waals surface area contributed by atoms with Gasteiger partial charge in [0, 0.05) is 19.9 Å². The largest absolute Gasteiger partial charge is 0.350 e. The summed E-state index contributed by atoms with van der Waals surface area (Å²) in [5, 5.41) is 6.40. The zero-order valence-corrected chi connectivity index (χ0v) is 10.3. The summed E-state index contributed by atoms with van der Waals surface area (Å²) in [6, 6.07) is 0. The minimum atomic E-state index is -0.323. The summed E-state index contributed by atoms with van der Waals surface area (Å²) in [7, 11) is 0. The summed E-state index contributed by atoms with van der Waals surface area (Å²) in [4.78, 5) is 23.5. The van der Waals surface area contributed by atoms with Crippen LogP contribution >= 0.6 is 0 Å². The van der Waals surface area contributed by atoms with Crippen molar-refractivity contribution < 1.29 is 9.32 Å². The van der Waals surface area contributed by atoms with Gasteiger partial charge in [-0.3, -0.25) is 4.79 Å². The molecule has 19 heavy (non-hydrogen) atoms. The SMILES string of the molecule is Cc1nc(CCNC(=O)c2cnc(NN)cn2)no1. The van der Waals surface area contributed by atoms with Gasteiger partial charge in [0.15, 0.2) is 11.6 Å². The molecular formula is C10H13N7O2. The Hall–Kier alpha value is -2.55. The molecule has 0 radical (unpaired) electrons. The molecule has 0 aromatic carbocycles. The lowest BCUT2D eigenvalue weighted by Gasteiger charge is -2.03. The quantitative estimate of drug-likeness (QED) is 0.482. The fourth-order valence-corrected chi connectivity index (χ4v) is 1.34. The van der Waals surface area contributed by atoms with E-state index in [0.717, 1.165) is 0 Å². The van der Waals surface area contributed by atoms with Crippen molar-refractivity contribution in [3.8, 4) is 0 Å². The molecule has 0 atom stereocenters. The third kappa shape index (κ3) is 3.45. The number of rotatable bonds is 5. The first-order chi connectivity index (χ1) is 9.19. The second kappa shape index (κ2) is 5.87. The van der Waals surface area contributed by atoms with E-state index in [1.807, 2.05) is 0 Å². The molecule has 0 aliphatic heterocycles. The van der Waals surface area contributed by atoms with Crippen LogP contribution in [-0.2, 0) is 6.42 Å². The smallest absolute Gasteiger partial charge is 0.271 e. The highest BCUT2D eigenvalue weighted by Gasteiger charge is 2.08. The minimum Gasteiger partial charge on any atom is -0.350 e. The number of nitrogens with zero attached hydrogens (tertiary/aromatic N) is 4. The number of nitrogens with one attached hydrogen (secondary N) is 2. The van der Waals surface area contributed by atoms with Gasteiger partial charge < -0.3 is 15.3 Å². The standard InChI is InChI=1S/C10H13N7O2/c1-6-15-8(17-19-6)2-3-12-10(18)7-4-14-9(16-11)5-13-7/h4-5H,2-3,11H2,1H3,(H,12,18)(H,14,16). The molecule has 0 aliphatic rings. The lowest BCUT2D eigenvalue weighted by atomic mass is 10.3. The van der Waals surface area contributed by atoms with Crippen molar-refractivity contribution >= 4 is 11.7 Å². The van der Waals surface area contributed by atoms with Crippen LogP contribution in [0.3, 0.4) is 0 Å². The van der Waals surface area contributed by atoms with E-state index in [-0.39, 0.29) is 11.6 Å². The van der Waals surface area contributed by atoms with Crippen molar-refractivity contribution in [3.05, 3.63) is 29.8 Å². The molecule has 0 bridgehead atoms. The van der Waals surface area contributed by atoms with E-state index in [9.17, 15) is 4.79 Å². The van der Waals surface area contributed by atoms with E-state index in [4.69, 9.17) is 10.4 Å². The molecule has 2 aromatic heterocycles. The lowest BCUT2D eigenvalue weighted by molar-refractivity contribution is 0.0948. The molecule has 2 aromatic rings. The van der Waals surface area contributed by atoms with Crippen LogP contribution in [0.1, 0.15) is 22.2 Å². The highest BCUT2D eigenvalue weighted by molar-refractivity contribution is 5.91. The summed E-state index contributed by atoms with van der Waals surface area (Å²) in [5.74, 6) is 6.26. The average Bonchev–Trinajstić information content (AvgIpc) is 2.84. The number of aromatic nitrogens is 4. The molecule has 100 valence electrons. The van der Waals surface area contributed by atoms with Crippen LogP contribution in [0.2, 0.25) is 0 Å². The molecule has 0 fully saturated rings. The Labute approximate surface area is 108 Å². The van der Waals surface area contributed by atoms with Crippen molar-refractivity contribution in [2.24, 2.45) is 5.84 Å². The van der Waals surface area contributed by atoms with Gasteiger partial charge in [-0.25, -0.2) is 15.8 Å². The van der Waals surface area contributed by atoms with Crippen LogP contribution in [0.4, 0.5) is 5.82 Å². The van der Waals surface area contributed by atoms with Crippen LogP contribution in [0.15, 0.2) is 16.9 Å². The van der Waals surface area contributed by atoms with E-state index in [0.29, 0.717) is 30.5 Å². The van der Waals surface area contributed by atoms with Crippen molar-refractivity contribution in [2.45, 2.75) is 13.3 Å². The number of nitrogen functional groups attached to an aromatic ring is 1. The topological polar surface area (TPSA) is 132 Å². The van der Waals surface area contributed by atoms with E-state index in [1.165, 1.54) is 12.4 Å². The Kier molecular flexibility index (Phi) is 3.98. The zero-order valence-electron chi connectivity index (χ0n) is 10.3. The van der Waals surface area contributed by atoms with Crippen LogP contribution in [0.5, 0.6) is 0 Å². The second-order valence-corrected chi connectivity index (χ2v) is 3.67. The molecule has 2 heterocycles. The van der Waals surface area contributed by atoms with Crippen LogP contribution in [0.25, 0.3) is 0 Å². The van der Waals surface area contributed by atoms with E-state index in [1.54, 1.807) is 6.92 Å². The zero-order chi connectivity index (χ0) is 13.7. The van der Waals surface area contributed by atoms with Crippen LogP contribution in [0, 0.1) is 6.92 Å². The number of hydrogen-bond donors (Lipinski definition) is 3. The van der Waals surface area contributed by atoms with Crippen LogP contribution < -0.4 is 16.6 Å². The van der Waals surface area contributed by atoms with Gasteiger partial charge in [0.2, 0.25) is 5.89 Å². The third-order valence-corrected chi connectivity index (χ3v) is 2.24. The van der Waals surface area contributed by atoms with Gasteiger partial charge in [-0.15, -0.1) is 0 Å². The van der Waals surface area contributed by atoms with E-state index in [2.05, 4.69) is 30.9 Å². The number of amides is 1. The third-order valence-electron chi connectivity index (χ3n) is 2.24. The average molecular weight is 263 g/mol. The van der Waals surface area contributed by atoms with Gasteiger partial charge in [-0.1, -0.05) is 5.16 Å². The number of carbonyl (C=O) groups excluding carboxylic acids is 1. The molecule has 2 rings (SSSR count). The molecule has 4 N–H and O–H groups in total. The van der Waals surface area contributed by atoms with Crippen molar-refractivity contribution in [1.82, 2.24) is 25.4 Å². The Morgan fingerprint density at radius 2 is 2.26 bits per heavy atom. The molecule has 9 nitrogen and oxygen atoms in total. The molecule has 1 amide bonds. The van der Waals surface area contributed by atoms with Gasteiger partial charge in [-0.05, 0) is 0 Å². The summed E-state index contributed by atoms with van der Waals surface area (Å²) in [5.41, 5.74) is 2.54. The van der Waals surface area contributed by atoms with Gasteiger partial charge in [0.25, 0.3) is 5.91 Å². The Balaban J connectivity index is 1.83. The van der Waals surface area contributed by atoms with Gasteiger partial charge in [0.1, 0.15) is 5.69 Å². The summed E-state index contributed by atoms with van der Waals surface area (Å²) < 4.78 is 4.82. The highest BCUT2D eigenvalue weighted by Crippen LogP contribution is 1.99. The number of hydrazine groups is 1. The van der Waals surface area contributed by atoms with Crippen molar-refractivity contribution in [3.63, 3.8) is 0 Å². The minimum absolute atomic E-state index is 0.211. The second-order valence-electron chi connectivity index (χ2n) is 3.67. The lowest BCUT2D eigenvalue weighted by Crippen LogP contribution is -2.27. The number of anilines is 1. The summed E-state index contributed by atoms with van der Waals surface area (Å²) in [6.45, 7) is 2.09. The Morgan fingerprint density at radius 1 is 1.42 bits per heavy atom. The number of nitrogens with two attached hydrogens (primary N) is 1. The number of carbonyl (C=O) groups is 1. The Morgan fingerprint density at radius 3 is 2.84 bits per heavy atom.